The highest BCUT2D eigenvalue weighted by Gasteiger charge is 2.39. The van der Waals surface area contributed by atoms with E-state index in [2.05, 4.69) is 5.32 Å². The van der Waals surface area contributed by atoms with Crippen LogP contribution in [0.15, 0.2) is 46.8 Å². The first-order chi connectivity index (χ1) is 12.3. The van der Waals surface area contributed by atoms with Crippen molar-refractivity contribution >= 4 is 17.6 Å². The van der Waals surface area contributed by atoms with Crippen molar-refractivity contribution in [3.8, 4) is 6.07 Å². The summed E-state index contributed by atoms with van der Waals surface area (Å²) in [6.45, 7) is 5.12. The van der Waals surface area contributed by atoms with Crippen LogP contribution in [0, 0.1) is 11.3 Å². The summed E-state index contributed by atoms with van der Waals surface area (Å²) in [5.41, 5.74) is 7.69. The lowest BCUT2D eigenvalue weighted by molar-refractivity contribution is -0.143. The van der Waals surface area contributed by atoms with Crippen LogP contribution in [0.1, 0.15) is 32.3 Å². The third kappa shape index (κ3) is 3.70. The van der Waals surface area contributed by atoms with Gasteiger partial charge in [-0.15, -0.1) is 0 Å². The highest BCUT2D eigenvalue weighted by atomic mass is 16.5. The van der Waals surface area contributed by atoms with E-state index in [1.165, 1.54) is 7.11 Å². The first kappa shape index (κ1) is 19.1. The van der Waals surface area contributed by atoms with Gasteiger partial charge in [-0.3, -0.25) is 0 Å². The standard InChI is InChI=1S/C19H21N3O4/c1-10(2)26-19(24)15-11(3)22-14(9-20)17(18(23)25-4)16(15)12-6-5-7-13(21)8-12/h5-8,10,16,22H,21H2,1-4H3/t16-/m1/s1. The van der Waals surface area contributed by atoms with E-state index in [0.29, 0.717) is 16.9 Å². The molecule has 7 heteroatoms. The fraction of sp³-hybridized carbons (Fsp3) is 0.316. The van der Waals surface area contributed by atoms with Gasteiger partial charge < -0.3 is 20.5 Å². The molecule has 3 N–H and O–H groups in total. The number of esters is 2. The van der Waals surface area contributed by atoms with Gasteiger partial charge in [-0.05, 0) is 38.5 Å². The van der Waals surface area contributed by atoms with Crippen LogP contribution in [-0.4, -0.2) is 25.2 Å². The third-order valence-electron chi connectivity index (χ3n) is 3.89. The molecule has 136 valence electrons. The van der Waals surface area contributed by atoms with Crippen LogP contribution in [0.3, 0.4) is 0 Å². The topological polar surface area (TPSA) is 114 Å². The quantitative estimate of drug-likeness (QED) is 0.628. The van der Waals surface area contributed by atoms with Gasteiger partial charge in [0.15, 0.2) is 0 Å². The number of nitriles is 1. The Morgan fingerprint density at radius 3 is 2.50 bits per heavy atom. The number of hydrogen-bond acceptors (Lipinski definition) is 7. The minimum Gasteiger partial charge on any atom is -0.466 e. The van der Waals surface area contributed by atoms with Crippen molar-refractivity contribution in [3.63, 3.8) is 0 Å². The molecule has 0 unspecified atom stereocenters. The van der Waals surface area contributed by atoms with Crippen LogP contribution in [0.25, 0.3) is 0 Å². The van der Waals surface area contributed by atoms with E-state index in [1.807, 2.05) is 6.07 Å². The van der Waals surface area contributed by atoms with Crippen LogP contribution in [0.2, 0.25) is 0 Å². The van der Waals surface area contributed by atoms with Crippen LogP contribution < -0.4 is 11.1 Å². The normalized spacial score (nSPS) is 16.8. The predicted octanol–water partition coefficient (Wildman–Crippen LogP) is 2.13. The average molecular weight is 355 g/mol. The molecule has 0 spiro atoms. The maximum atomic E-state index is 12.7. The van der Waals surface area contributed by atoms with E-state index in [0.717, 1.165) is 0 Å². The van der Waals surface area contributed by atoms with E-state index in [4.69, 9.17) is 15.2 Å². The van der Waals surface area contributed by atoms with Crippen molar-refractivity contribution in [2.45, 2.75) is 32.8 Å². The Hall–Kier alpha value is -3.27. The Kier molecular flexibility index (Phi) is 5.68. The molecular formula is C19H21N3O4. The summed E-state index contributed by atoms with van der Waals surface area (Å²) in [6, 6.07) is 8.77. The number of nitrogens with two attached hydrogens (primary N) is 1. The summed E-state index contributed by atoms with van der Waals surface area (Å²) in [7, 11) is 1.22. The molecule has 1 aromatic rings. The second-order valence-corrected chi connectivity index (χ2v) is 6.11. The average Bonchev–Trinajstić information content (AvgIpc) is 2.59. The van der Waals surface area contributed by atoms with Crippen molar-refractivity contribution in [1.82, 2.24) is 5.32 Å². The van der Waals surface area contributed by atoms with E-state index in [-0.39, 0.29) is 22.9 Å². The van der Waals surface area contributed by atoms with Crippen molar-refractivity contribution in [3.05, 3.63) is 52.4 Å². The number of allylic oxidation sites excluding steroid dienone is 2. The number of dihydropyridines is 1. The summed E-state index contributed by atoms with van der Waals surface area (Å²) in [4.78, 5) is 25.2. The molecule has 1 aliphatic rings. The van der Waals surface area contributed by atoms with E-state index in [1.54, 1.807) is 45.0 Å². The van der Waals surface area contributed by atoms with Crippen LogP contribution in [0.5, 0.6) is 0 Å². The number of anilines is 1. The zero-order valence-electron chi connectivity index (χ0n) is 15.1. The number of nitrogens with one attached hydrogen (secondary N) is 1. The maximum Gasteiger partial charge on any atom is 0.337 e. The van der Waals surface area contributed by atoms with Gasteiger partial charge in [0.1, 0.15) is 11.8 Å². The molecular weight excluding hydrogens is 334 g/mol. The number of nitrogen functional groups attached to an aromatic ring is 1. The van der Waals surface area contributed by atoms with Crippen LogP contribution >= 0.6 is 0 Å². The van der Waals surface area contributed by atoms with Gasteiger partial charge in [0.2, 0.25) is 0 Å². The zero-order valence-corrected chi connectivity index (χ0v) is 15.1. The van der Waals surface area contributed by atoms with Crippen molar-refractivity contribution in [1.29, 1.82) is 5.26 Å². The maximum absolute atomic E-state index is 12.7. The number of carbonyl (C=O) groups excluding carboxylic acids is 2. The molecule has 0 fully saturated rings. The Bertz CT molecular complexity index is 847. The molecule has 1 heterocycles. The molecule has 7 nitrogen and oxygen atoms in total. The second kappa shape index (κ2) is 7.74. The van der Waals surface area contributed by atoms with Gasteiger partial charge in [0.05, 0.1) is 30.3 Å². The van der Waals surface area contributed by atoms with Crippen molar-refractivity contribution in [2.24, 2.45) is 0 Å². The third-order valence-corrected chi connectivity index (χ3v) is 3.89. The van der Waals surface area contributed by atoms with Crippen molar-refractivity contribution in [2.75, 3.05) is 12.8 Å². The lowest BCUT2D eigenvalue weighted by Crippen LogP contribution is -2.33. The molecule has 0 amide bonds. The summed E-state index contributed by atoms with van der Waals surface area (Å²) in [5, 5.41) is 12.3. The smallest absolute Gasteiger partial charge is 0.337 e. The monoisotopic (exact) mass is 355 g/mol. The highest BCUT2D eigenvalue weighted by molar-refractivity contribution is 6.00. The number of rotatable bonds is 4. The van der Waals surface area contributed by atoms with Crippen LogP contribution in [0.4, 0.5) is 5.69 Å². The molecule has 0 saturated heterocycles. The summed E-state index contributed by atoms with van der Waals surface area (Å²) in [6.07, 6.45) is -0.341. The number of nitrogens with zero attached hydrogens (tertiary/aromatic N) is 1. The first-order valence-corrected chi connectivity index (χ1v) is 8.06. The van der Waals surface area contributed by atoms with Gasteiger partial charge in [-0.2, -0.15) is 5.26 Å². The molecule has 2 rings (SSSR count). The number of hydrogen-bond donors (Lipinski definition) is 2. The van der Waals surface area contributed by atoms with Crippen molar-refractivity contribution < 1.29 is 19.1 Å². The summed E-state index contributed by atoms with van der Waals surface area (Å²) >= 11 is 0. The molecule has 1 atom stereocenters. The predicted molar refractivity (Wildman–Crippen MR) is 95.3 cm³/mol. The molecule has 1 aliphatic heterocycles. The number of carbonyl (C=O) groups is 2. The zero-order chi connectivity index (χ0) is 19.4. The van der Waals surface area contributed by atoms with Gasteiger partial charge in [-0.25, -0.2) is 9.59 Å². The SMILES string of the molecule is COC(=O)C1=C(C#N)NC(C)=C(C(=O)OC(C)C)[C@H]1c1cccc(N)c1. The summed E-state index contributed by atoms with van der Waals surface area (Å²) < 4.78 is 10.2. The number of methoxy groups -OCH3 is 1. The van der Waals surface area contributed by atoms with E-state index < -0.39 is 17.9 Å². The number of ether oxygens (including phenoxy) is 2. The summed E-state index contributed by atoms with van der Waals surface area (Å²) in [5.74, 6) is -2.10. The minimum absolute atomic E-state index is 0.0304. The lowest BCUT2D eigenvalue weighted by Gasteiger charge is -2.29. The largest absolute Gasteiger partial charge is 0.466 e. The molecule has 26 heavy (non-hydrogen) atoms. The van der Waals surface area contributed by atoms with Gasteiger partial charge in [0, 0.05) is 11.4 Å². The Labute approximate surface area is 152 Å². The molecule has 0 saturated carbocycles. The molecule has 0 radical (unpaired) electrons. The fourth-order valence-electron chi connectivity index (χ4n) is 2.87. The Morgan fingerprint density at radius 2 is 1.96 bits per heavy atom. The second-order valence-electron chi connectivity index (χ2n) is 6.11. The van der Waals surface area contributed by atoms with Gasteiger partial charge in [0.25, 0.3) is 0 Å². The lowest BCUT2D eigenvalue weighted by atomic mass is 9.80. The van der Waals surface area contributed by atoms with E-state index >= 15 is 0 Å². The molecule has 0 aliphatic carbocycles. The van der Waals surface area contributed by atoms with E-state index in [9.17, 15) is 14.9 Å². The Morgan fingerprint density at radius 1 is 1.27 bits per heavy atom. The number of benzene rings is 1. The highest BCUT2D eigenvalue weighted by Crippen LogP contribution is 2.39. The van der Waals surface area contributed by atoms with Gasteiger partial charge >= 0.3 is 11.9 Å². The minimum atomic E-state index is -0.826. The molecule has 0 aromatic heterocycles. The fourth-order valence-corrected chi connectivity index (χ4v) is 2.87. The van der Waals surface area contributed by atoms with Gasteiger partial charge in [-0.1, -0.05) is 12.1 Å². The Balaban J connectivity index is 2.72. The molecule has 0 bridgehead atoms. The first-order valence-electron chi connectivity index (χ1n) is 8.06. The molecule has 1 aromatic carbocycles. The van der Waals surface area contributed by atoms with Crippen LogP contribution in [-0.2, 0) is 19.1 Å².